The van der Waals surface area contributed by atoms with Gasteiger partial charge in [0.25, 0.3) is 5.91 Å². The zero-order valence-corrected chi connectivity index (χ0v) is 15.7. The number of para-hydroxylation sites is 2. The van der Waals surface area contributed by atoms with Gasteiger partial charge in [0.05, 0.1) is 17.9 Å². The van der Waals surface area contributed by atoms with Crippen molar-refractivity contribution in [3.63, 3.8) is 0 Å². The summed E-state index contributed by atoms with van der Waals surface area (Å²) in [5.74, 6) is -1.38. The first-order valence-electron chi connectivity index (χ1n) is 8.53. The minimum absolute atomic E-state index is 0. The number of carbonyl (C=O) groups is 3. The summed E-state index contributed by atoms with van der Waals surface area (Å²) in [5.41, 5.74) is 0.441. The van der Waals surface area contributed by atoms with Crippen LogP contribution in [0.4, 0.5) is 11.4 Å². The number of anilines is 2. The number of hydrogen-bond donors (Lipinski definition) is 2. The van der Waals surface area contributed by atoms with Crippen LogP contribution >= 0.6 is 12.4 Å². The number of benzene rings is 1. The molecule has 26 heavy (non-hydrogen) atoms. The maximum absolute atomic E-state index is 13.1. The molecule has 1 saturated carbocycles. The molecule has 1 atom stereocenters. The largest absolute Gasteiger partial charge is 0.480 e. The smallest absolute Gasteiger partial charge is 0.320 e. The molecule has 8 heteroatoms. The maximum atomic E-state index is 13.1. The van der Waals surface area contributed by atoms with Crippen LogP contribution in [0.25, 0.3) is 0 Å². The van der Waals surface area contributed by atoms with Crippen molar-refractivity contribution in [2.75, 3.05) is 23.8 Å². The van der Waals surface area contributed by atoms with Gasteiger partial charge >= 0.3 is 5.97 Å². The second kappa shape index (κ2) is 7.63. The predicted octanol–water partition coefficient (Wildman–Crippen LogP) is 2.11. The van der Waals surface area contributed by atoms with Crippen LogP contribution < -0.4 is 10.2 Å². The van der Waals surface area contributed by atoms with Gasteiger partial charge in [-0.05, 0) is 38.9 Å². The summed E-state index contributed by atoms with van der Waals surface area (Å²) in [4.78, 5) is 40.2. The molecule has 1 aliphatic heterocycles. The normalized spacial score (nSPS) is 18.9. The molecule has 1 aromatic rings. The Balaban J connectivity index is 0.00000243. The van der Waals surface area contributed by atoms with Crippen LogP contribution in [0.5, 0.6) is 0 Å². The van der Waals surface area contributed by atoms with E-state index in [4.69, 9.17) is 5.11 Å². The van der Waals surface area contributed by atoms with Crippen molar-refractivity contribution in [1.29, 1.82) is 0 Å². The van der Waals surface area contributed by atoms with E-state index in [-0.39, 0.29) is 30.8 Å². The molecule has 1 fully saturated rings. The van der Waals surface area contributed by atoms with Gasteiger partial charge in [0.1, 0.15) is 11.6 Å². The van der Waals surface area contributed by atoms with Gasteiger partial charge in [0, 0.05) is 0 Å². The van der Waals surface area contributed by atoms with Gasteiger partial charge in [-0.15, -0.1) is 12.4 Å². The number of nitrogens with zero attached hydrogens (tertiary/aromatic N) is 2. The molecular weight excluding hydrogens is 358 g/mol. The number of aliphatic carboxylic acids is 1. The van der Waals surface area contributed by atoms with Gasteiger partial charge in [-0.25, -0.2) is 0 Å². The SMILES string of the molecule is CC(C(=O)O)N(C)CC(=O)N1c2ccccc2NC(=O)C12CCCC2.Cl. The zero-order valence-electron chi connectivity index (χ0n) is 14.9. The molecular formula is C18H24ClN3O4. The standard InChI is InChI=1S/C18H23N3O4.ClH/c1-12(16(23)24)20(2)11-15(22)21-14-8-4-3-7-13(14)19-17(25)18(21)9-5-6-10-18;/h3-4,7-8,12H,5-6,9-11H2,1-2H3,(H,19,25)(H,23,24);1H. The summed E-state index contributed by atoms with van der Waals surface area (Å²) in [6, 6.07) is 6.47. The third kappa shape index (κ3) is 3.29. The van der Waals surface area contributed by atoms with E-state index in [1.54, 1.807) is 18.0 Å². The molecule has 0 radical (unpaired) electrons. The van der Waals surface area contributed by atoms with Crippen LogP contribution in [0.1, 0.15) is 32.6 Å². The van der Waals surface area contributed by atoms with Gasteiger partial charge in [0.2, 0.25) is 5.91 Å². The number of fused-ring (bicyclic) bond motifs is 1. The van der Waals surface area contributed by atoms with Crippen LogP contribution in [0, 0.1) is 0 Å². The average molecular weight is 382 g/mol. The van der Waals surface area contributed by atoms with E-state index < -0.39 is 17.6 Å². The van der Waals surface area contributed by atoms with E-state index in [1.165, 1.54) is 11.8 Å². The Hall–Kier alpha value is -2.12. The number of halogens is 1. The molecule has 2 amide bonds. The van der Waals surface area contributed by atoms with Crippen molar-refractivity contribution in [2.45, 2.75) is 44.2 Å². The molecule has 1 unspecified atom stereocenters. The minimum atomic E-state index is -0.984. The number of amides is 2. The summed E-state index contributed by atoms with van der Waals surface area (Å²) >= 11 is 0. The number of carboxylic acid groups (broad SMARTS) is 1. The highest BCUT2D eigenvalue weighted by molar-refractivity contribution is 6.15. The van der Waals surface area contributed by atoms with Crippen LogP contribution in [0.2, 0.25) is 0 Å². The Morgan fingerprint density at radius 3 is 2.54 bits per heavy atom. The fourth-order valence-corrected chi connectivity index (χ4v) is 3.74. The van der Waals surface area contributed by atoms with Crippen molar-refractivity contribution < 1.29 is 19.5 Å². The van der Waals surface area contributed by atoms with E-state index in [9.17, 15) is 14.4 Å². The van der Waals surface area contributed by atoms with E-state index >= 15 is 0 Å². The van der Waals surface area contributed by atoms with Gasteiger partial charge in [0.15, 0.2) is 0 Å². The average Bonchev–Trinajstić information content (AvgIpc) is 3.05. The summed E-state index contributed by atoms with van der Waals surface area (Å²) in [5, 5.41) is 12.1. The lowest BCUT2D eigenvalue weighted by molar-refractivity contribution is -0.142. The highest BCUT2D eigenvalue weighted by Crippen LogP contribution is 2.45. The number of carboxylic acids is 1. The highest BCUT2D eigenvalue weighted by Gasteiger charge is 2.52. The molecule has 7 nitrogen and oxygen atoms in total. The second-order valence-corrected chi connectivity index (χ2v) is 6.87. The summed E-state index contributed by atoms with van der Waals surface area (Å²) in [7, 11) is 1.61. The third-order valence-corrected chi connectivity index (χ3v) is 5.33. The third-order valence-electron chi connectivity index (χ3n) is 5.33. The minimum Gasteiger partial charge on any atom is -0.480 e. The van der Waals surface area contributed by atoms with E-state index in [0.717, 1.165) is 12.8 Å². The molecule has 0 bridgehead atoms. The molecule has 1 heterocycles. The Kier molecular flexibility index (Phi) is 5.93. The van der Waals surface area contributed by atoms with Crippen LogP contribution in [0.3, 0.4) is 0 Å². The molecule has 0 saturated heterocycles. The topological polar surface area (TPSA) is 89.9 Å². The monoisotopic (exact) mass is 381 g/mol. The van der Waals surface area contributed by atoms with Crippen molar-refractivity contribution >= 4 is 41.6 Å². The fourth-order valence-electron chi connectivity index (χ4n) is 3.74. The lowest BCUT2D eigenvalue weighted by Gasteiger charge is -2.45. The lowest BCUT2D eigenvalue weighted by Crippen LogP contribution is -2.62. The first kappa shape index (κ1) is 20.2. The van der Waals surface area contributed by atoms with Crippen molar-refractivity contribution in [3.05, 3.63) is 24.3 Å². The Morgan fingerprint density at radius 1 is 1.31 bits per heavy atom. The molecule has 142 valence electrons. The fraction of sp³-hybridized carbons (Fsp3) is 0.500. The van der Waals surface area contributed by atoms with E-state index in [2.05, 4.69) is 5.32 Å². The lowest BCUT2D eigenvalue weighted by atomic mass is 9.89. The second-order valence-electron chi connectivity index (χ2n) is 6.87. The number of nitrogens with one attached hydrogen (secondary N) is 1. The molecule has 3 rings (SSSR count). The van der Waals surface area contributed by atoms with E-state index in [1.807, 2.05) is 18.2 Å². The van der Waals surface area contributed by atoms with Gasteiger partial charge < -0.3 is 10.4 Å². The first-order chi connectivity index (χ1) is 11.9. The van der Waals surface area contributed by atoms with E-state index in [0.29, 0.717) is 24.2 Å². The van der Waals surface area contributed by atoms with Crippen LogP contribution in [-0.2, 0) is 14.4 Å². The first-order valence-corrected chi connectivity index (χ1v) is 8.53. The molecule has 1 aromatic carbocycles. The van der Waals surface area contributed by atoms with Gasteiger partial charge in [-0.1, -0.05) is 25.0 Å². The quantitative estimate of drug-likeness (QED) is 0.833. The predicted molar refractivity (Wildman–Crippen MR) is 101 cm³/mol. The number of hydrogen-bond acceptors (Lipinski definition) is 4. The van der Waals surface area contributed by atoms with Crippen molar-refractivity contribution in [1.82, 2.24) is 4.90 Å². The van der Waals surface area contributed by atoms with Crippen LogP contribution in [0.15, 0.2) is 24.3 Å². The molecule has 2 N–H and O–H groups in total. The Labute approximate surface area is 158 Å². The van der Waals surface area contributed by atoms with Gasteiger partial charge in [-0.3, -0.25) is 24.2 Å². The number of likely N-dealkylation sites (N-methyl/N-ethyl adjacent to an activating group) is 1. The molecule has 1 aliphatic carbocycles. The number of rotatable bonds is 4. The number of carbonyl (C=O) groups excluding carboxylic acids is 2. The van der Waals surface area contributed by atoms with Crippen molar-refractivity contribution in [2.24, 2.45) is 0 Å². The maximum Gasteiger partial charge on any atom is 0.320 e. The van der Waals surface area contributed by atoms with Crippen molar-refractivity contribution in [3.8, 4) is 0 Å². The zero-order chi connectivity index (χ0) is 18.2. The van der Waals surface area contributed by atoms with Gasteiger partial charge in [-0.2, -0.15) is 0 Å². The summed E-state index contributed by atoms with van der Waals surface area (Å²) in [6.07, 6.45) is 3.02. The molecule has 0 aromatic heterocycles. The summed E-state index contributed by atoms with van der Waals surface area (Å²) < 4.78 is 0. The highest BCUT2D eigenvalue weighted by atomic mass is 35.5. The Morgan fingerprint density at radius 2 is 1.92 bits per heavy atom. The molecule has 1 spiro atoms. The molecule has 2 aliphatic rings. The Bertz CT molecular complexity index is 718. The summed E-state index contributed by atoms with van der Waals surface area (Å²) in [6.45, 7) is 1.48. The van der Waals surface area contributed by atoms with Crippen LogP contribution in [-0.4, -0.2) is 53.0 Å².